The number of halogens is 3. The maximum atomic E-state index is 12.9. The van der Waals surface area contributed by atoms with Crippen LogP contribution in [0, 0.1) is 0 Å². The fourth-order valence-electron chi connectivity index (χ4n) is 3.12. The van der Waals surface area contributed by atoms with Crippen LogP contribution in [0.25, 0.3) is 0 Å². The van der Waals surface area contributed by atoms with Gasteiger partial charge in [0.2, 0.25) is 0 Å². The summed E-state index contributed by atoms with van der Waals surface area (Å²) in [5, 5.41) is 0. The topological polar surface area (TPSA) is 75.9 Å². The Balaban J connectivity index is 1.56. The average Bonchev–Trinajstić information content (AvgIpc) is 2.71. The minimum absolute atomic E-state index is 0.190. The molecule has 29 heavy (non-hydrogen) atoms. The predicted octanol–water partition coefficient (Wildman–Crippen LogP) is 2.53. The van der Waals surface area contributed by atoms with Gasteiger partial charge in [0.25, 0.3) is 11.8 Å². The van der Waals surface area contributed by atoms with Crippen molar-refractivity contribution in [3.8, 4) is 5.75 Å². The molecule has 1 saturated heterocycles. The van der Waals surface area contributed by atoms with Gasteiger partial charge >= 0.3 is 6.18 Å². The molecule has 0 aliphatic carbocycles. The highest BCUT2D eigenvalue weighted by Crippen LogP contribution is 2.31. The molecule has 3 rings (SSSR count). The quantitative estimate of drug-likeness (QED) is 0.827. The second kappa shape index (κ2) is 8.42. The minimum Gasteiger partial charge on any atom is -0.483 e. The van der Waals surface area contributed by atoms with Crippen molar-refractivity contribution < 1.29 is 27.5 Å². The molecule has 2 aromatic carbocycles. The van der Waals surface area contributed by atoms with Crippen LogP contribution in [0.2, 0.25) is 0 Å². The second-order valence-electron chi connectivity index (χ2n) is 6.57. The lowest BCUT2D eigenvalue weighted by atomic mass is 10.1. The van der Waals surface area contributed by atoms with Crippen LogP contribution in [0.5, 0.6) is 5.75 Å². The van der Waals surface area contributed by atoms with Gasteiger partial charge in [0.1, 0.15) is 5.75 Å². The van der Waals surface area contributed by atoms with E-state index in [1.54, 1.807) is 29.2 Å². The van der Waals surface area contributed by atoms with E-state index in [1.807, 2.05) is 4.90 Å². The van der Waals surface area contributed by atoms with Crippen molar-refractivity contribution in [2.24, 2.45) is 5.73 Å². The predicted molar refractivity (Wildman–Crippen MR) is 101 cm³/mol. The van der Waals surface area contributed by atoms with Gasteiger partial charge in [0.05, 0.1) is 11.1 Å². The number of amides is 2. The summed E-state index contributed by atoms with van der Waals surface area (Å²) < 4.78 is 44.1. The molecule has 2 aromatic rings. The number of carbonyl (C=O) groups is 2. The molecule has 1 aliphatic heterocycles. The lowest BCUT2D eigenvalue weighted by Crippen LogP contribution is -2.50. The summed E-state index contributed by atoms with van der Waals surface area (Å²) in [5.41, 5.74) is 5.24. The number of hydrogen-bond acceptors (Lipinski definition) is 4. The average molecular weight is 407 g/mol. The van der Waals surface area contributed by atoms with Crippen LogP contribution in [0.3, 0.4) is 0 Å². The molecule has 1 aliphatic rings. The number of anilines is 1. The van der Waals surface area contributed by atoms with E-state index >= 15 is 0 Å². The summed E-state index contributed by atoms with van der Waals surface area (Å²) >= 11 is 0. The summed E-state index contributed by atoms with van der Waals surface area (Å²) in [7, 11) is 0. The van der Waals surface area contributed by atoms with E-state index in [-0.39, 0.29) is 23.8 Å². The Kier molecular flexibility index (Phi) is 5.95. The molecule has 2 amide bonds. The summed E-state index contributed by atoms with van der Waals surface area (Å²) in [4.78, 5) is 27.2. The number of alkyl halides is 3. The first kappa shape index (κ1) is 20.5. The summed E-state index contributed by atoms with van der Waals surface area (Å²) in [6.45, 7) is 1.27. The van der Waals surface area contributed by atoms with Gasteiger partial charge in [-0.2, -0.15) is 13.2 Å². The third-order valence-corrected chi connectivity index (χ3v) is 4.67. The van der Waals surface area contributed by atoms with Crippen molar-refractivity contribution in [3.05, 3.63) is 59.7 Å². The number of piperazine rings is 1. The van der Waals surface area contributed by atoms with E-state index in [4.69, 9.17) is 10.5 Å². The zero-order chi connectivity index (χ0) is 21.0. The van der Waals surface area contributed by atoms with E-state index in [2.05, 4.69) is 0 Å². The number of rotatable bonds is 5. The lowest BCUT2D eigenvalue weighted by molar-refractivity contribution is -0.137. The first-order valence-corrected chi connectivity index (χ1v) is 8.97. The van der Waals surface area contributed by atoms with Crippen LogP contribution in [-0.4, -0.2) is 49.5 Å². The van der Waals surface area contributed by atoms with E-state index in [0.717, 1.165) is 12.1 Å². The first-order valence-electron chi connectivity index (χ1n) is 8.97. The fraction of sp³-hybridized carbons (Fsp3) is 0.300. The monoisotopic (exact) mass is 407 g/mol. The molecule has 0 unspecified atom stereocenters. The zero-order valence-corrected chi connectivity index (χ0v) is 15.5. The molecule has 6 nitrogen and oxygen atoms in total. The molecule has 1 fully saturated rings. The number of benzene rings is 2. The maximum absolute atomic E-state index is 12.9. The second-order valence-corrected chi connectivity index (χ2v) is 6.57. The molecular formula is C20H20F3N3O3. The third kappa shape index (κ3) is 4.98. The Labute approximate surface area is 165 Å². The van der Waals surface area contributed by atoms with Crippen LogP contribution < -0.4 is 15.4 Å². The Morgan fingerprint density at radius 3 is 2.34 bits per heavy atom. The number of nitrogens with zero attached hydrogens (tertiary/aromatic N) is 2. The van der Waals surface area contributed by atoms with Crippen molar-refractivity contribution in [3.63, 3.8) is 0 Å². The highest BCUT2D eigenvalue weighted by Gasteiger charge is 2.31. The van der Waals surface area contributed by atoms with E-state index in [0.29, 0.717) is 31.9 Å². The van der Waals surface area contributed by atoms with Gasteiger partial charge in [-0.1, -0.05) is 18.2 Å². The normalized spacial score (nSPS) is 14.6. The number of nitrogens with two attached hydrogens (primary N) is 1. The van der Waals surface area contributed by atoms with E-state index < -0.39 is 17.6 Å². The van der Waals surface area contributed by atoms with Crippen molar-refractivity contribution in [1.29, 1.82) is 0 Å². The molecule has 1 heterocycles. The number of primary amides is 1. The van der Waals surface area contributed by atoms with E-state index in [1.165, 1.54) is 12.1 Å². The summed E-state index contributed by atoms with van der Waals surface area (Å²) in [5.74, 6) is -0.688. The Bertz CT molecular complexity index is 894. The molecular weight excluding hydrogens is 387 g/mol. The van der Waals surface area contributed by atoms with Gasteiger partial charge in [0.15, 0.2) is 6.61 Å². The van der Waals surface area contributed by atoms with Crippen LogP contribution in [0.4, 0.5) is 18.9 Å². The number of ether oxygens (including phenoxy) is 1. The molecule has 0 bridgehead atoms. The lowest BCUT2D eigenvalue weighted by Gasteiger charge is -2.36. The van der Waals surface area contributed by atoms with Crippen molar-refractivity contribution >= 4 is 17.5 Å². The van der Waals surface area contributed by atoms with Crippen molar-refractivity contribution in [2.75, 3.05) is 37.7 Å². The Morgan fingerprint density at radius 1 is 1.00 bits per heavy atom. The smallest absolute Gasteiger partial charge is 0.416 e. The minimum atomic E-state index is -4.40. The molecule has 0 atom stereocenters. The fourth-order valence-corrected chi connectivity index (χ4v) is 3.12. The zero-order valence-electron chi connectivity index (χ0n) is 15.5. The van der Waals surface area contributed by atoms with Gasteiger partial charge in [-0.25, -0.2) is 0 Å². The largest absolute Gasteiger partial charge is 0.483 e. The standard InChI is InChI=1S/C20H20F3N3O3/c21-20(22,23)14-4-3-5-15(12-14)25-8-10-26(11-9-25)18(27)13-29-17-7-2-1-6-16(17)19(24)28/h1-7,12H,8-11,13H2,(H2,24,28). The molecule has 2 N–H and O–H groups in total. The van der Waals surface area contributed by atoms with Crippen molar-refractivity contribution in [1.82, 2.24) is 4.90 Å². The number of para-hydroxylation sites is 1. The Hall–Kier alpha value is -3.23. The van der Waals surface area contributed by atoms with Gasteiger partial charge < -0.3 is 20.3 Å². The van der Waals surface area contributed by atoms with Gasteiger partial charge in [-0.15, -0.1) is 0 Å². The van der Waals surface area contributed by atoms with E-state index in [9.17, 15) is 22.8 Å². The number of carbonyl (C=O) groups excluding carboxylic acids is 2. The highest BCUT2D eigenvalue weighted by atomic mass is 19.4. The molecule has 154 valence electrons. The summed E-state index contributed by atoms with van der Waals surface area (Å²) in [6, 6.07) is 11.5. The van der Waals surface area contributed by atoms with Crippen molar-refractivity contribution in [2.45, 2.75) is 6.18 Å². The van der Waals surface area contributed by atoms with Gasteiger partial charge in [0, 0.05) is 31.9 Å². The van der Waals surface area contributed by atoms with Crippen LogP contribution in [-0.2, 0) is 11.0 Å². The van der Waals surface area contributed by atoms with Crippen LogP contribution in [0.15, 0.2) is 48.5 Å². The van der Waals surface area contributed by atoms with Gasteiger partial charge in [-0.05, 0) is 30.3 Å². The third-order valence-electron chi connectivity index (χ3n) is 4.67. The molecule has 0 saturated carbocycles. The first-order chi connectivity index (χ1) is 13.8. The van der Waals surface area contributed by atoms with Crippen LogP contribution in [0.1, 0.15) is 15.9 Å². The number of hydrogen-bond donors (Lipinski definition) is 1. The van der Waals surface area contributed by atoms with Gasteiger partial charge in [-0.3, -0.25) is 9.59 Å². The Morgan fingerprint density at radius 2 is 1.69 bits per heavy atom. The SMILES string of the molecule is NC(=O)c1ccccc1OCC(=O)N1CCN(c2cccc(C(F)(F)F)c2)CC1. The van der Waals surface area contributed by atoms with Crippen LogP contribution >= 0.6 is 0 Å². The molecule has 0 radical (unpaired) electrons. The molecule has 0 aromatic heterocycles. The maximum Gasteiger partial charge on any atom is 0.416 e. The molecule has 9 heteroatoms. The highest BCUT2D eigenvalue weighted by molar-refractivity contribution is 5.95. The summed E-state index contributed by atoms with van der Waals surface area (Å²) in [6.07, 6.45) is -4.40. The molecule has 0 spiro atoms.